The minimum Gasteiger partial charge on any atom is -0.456 e. The lowest BCUT2D eigenvalue weighted by Crippen LogP contribution is -2.41. The van der Waals surface area contributed by atoms with Crippen LogP contribution < -0.4 is 21.1 Å². The molecule has 0 amide bonds. The van der Waals surface area contributed by atoms with Gasteiger partial charge in [-0.2, -0.15) is 0 Å². The molecule has 11 rings (SSSR count). The summed E-state index contributed by atoms with van der Waals surface area (Å²) in [6.07, 6.45) is 2.33. The molecule has 2 heterocycles. The molecule has 0 fully saturated rings. The van der Waals surface area contributed by atoms with E-state index in [4.69, 9.17) is 4.42 Å². The molecule has 0 saturated heterocycles. The van der Waals surface area contributed by atoms with Crippen LogP contribution in [-0.4, -0.2) is 7.28 Å². The maximum absolute atomic E-state index is 6.99. The zero-order valence-corrected chi connectivity index (χ0v) is 41.2. The Morgan fingerprint density at radius 1 is 0.537 bits per heavy atom. The Bertz CT molecular complexity index is 3430. The van der Waals surface area contributed by atoms with Gasteiger partial charge < -0.3 is 14.6 Å². The van der Waals surface area contributed by atoms with Crippen LogP contribution in [0.25, 0.3) is 55.0 Å². The highest BCUT2D eigenvalue weighted by molar-refractivity contribution is 6.73. The number of fused-ring (bicyclic) bond motifs is 7. The maximum atomic E-state index is 6.99. The van der Waals surface area contributed by atoms with Crippen molar-refractivity contribution in [2.24, 2.45) is 0 Å². The second-order valence-corrected chi connectivity index (χ2v) is 22.9. The lowest BCUT2D eigenvalue weighted by Gasteiger charge is -2.41. The Balaban J connectivity index is 1.19. The first-order valence-corrected chi connectivity index (χ1v) is 24.3. The van der Waals surface area contributed by atoms with Crippen LogP contribution in [0.1, 0.15) is 110 Å². The number of hydrogen-bond acceptors (Lipinski definition) is 3. The monoisotopic (exact) mass is 873 g/mol. The minimum absolute atomic E-state index is 0.0116. The van der Waals surface area contributed by atoms with E-state index in [2.05, 4.69) is 239 Å². The van der Waals surface area contributed by atoms with Gasteiger partial charge in [-0.05, 0) is 139 Å². The maximum Gasteiger partial charge on any atom is 0.197 e. The lowest BCUT2D eigenvalue weighted by molar-refractivity contribution is 0.332. The van der Waals surface area contributed by atoms with Gasteiger partial charge in [0.15, 0.2) is 7.28 Å². The summed E-state index contributed by atoms with van der Waals surface area (Å²) in [5, 5.41) is 8.71. The van der Waals surface area contributed by atoms with Crippen LogP contribution in [0, 0.1) is 6.92 Å². The molecule has 9 aromatic rings. The Morgan fingerprint density at radius 2 is 1.18 bits per heavy atom. The Hall–Kier alpha value is -6.52. The topological polar surface area (TPSA) is 28.4 Å². The average Bonchev–Trinajstić information content (AvgIpc) is 3.65. The molecule has 0 atom stereocenters. The van der Waals surface area contributed by atoms with Crippen LogP contribution in [0.4, 0.5) is 28.4 Å². The number of nitrogens with one attached hydrogen (secondary N) is 1. The van der Waals surface area contributed by atoms with Crippen LogP contribution in [-0.2, 0) is 21.7 Å². The number of rotatable bonds is 5. The summed E-state index contributed by atoms with van der Waals surface area (Å²) in [6.45, 7) is 25.6. The standard InChI is InChI=1S/C63H62BN2O/c1-38-31-43(61(5,6)7)24-28-53(38)66-54-37-57-48(47-34-50-51(36-56(47)67-57)63(10,11)30-29-62(50,8)9)35-52(54)64-58-49(32-41(33-55(58)66)39-17-13-12-14-18-39)46-27-21-40-19-15-16-20-45(40)59(46)65-44-25-22-42(23-26-44)60(2,3)4/h12-28,31-37,65H,29-30H2,1-11H3. The van der Waals surface area contributed by atoms with Crippen molar-refractivity contribution < 1.29 is 4.42 Å². The number of nitrogens with zero attached hydrogens (tertiary/aromatic N) is 1. The van der Waals surface area contributed by atoms with E-state index in [1.807, 2.05) is 0 Å². The number of benzene rings is 8. The zero-order valence-electron chi connectivity index (χ0n) is 41.2. The molecule has 4 heteroatoms. The van der Waals surface area contributed by atoms with Crippen molar-refractivity contribution in [1.29, 1.82) is 0 Å². The molecule has 67 heavy (non-hydrogen) atoms. The molecule has 8 aromatic carbocycles. The van der Waals surface area contributed by atoms with Crippen LogP contribution >= 0.6 is 0 Å². The minimum atomic E-state index is 0.0116. The first kappa shape index (κ1) is 43.1. The van der Waals surface area contributed by atoms with E-state index in [1.165, 1.54) is 66.0 Å². The van der Waals surface area contributed by atoms with E-state index in [1.54, 1.807) is 0 Å². The predicted molar refractivity (Wildman–Crippen MR) is 289 cm³/mol. The fourth-order valence-corrected chi connectivity index (χ4v) is 10.9. The van der Waals surface area contributed by atoms with Crippen molar-refractivity contribution in [3.63, 3.8) is 0 Å². The van der Waals surface area contributed by atoms with Crippen molar-refractivity contribution in [3.8, 4) is 22.3 Å². The first-order chi connectivity index (χ1) is 31.8. The van der Waals surface area contributed by atoms with Crippen molar-refractivity contribution in [2.75, 3.05) is 10.2 Å². The highest BCUT2D eigenvalue weighted by atomic mass is 16.3. The van der Waals surface area contributed by atoms with Gasteiger partial charge in [-0.1, -0.05) is 172 Å². The Labute approximate surface area is 398 Å². The first-order valence-electron chi connectivity index (χ1n) is 24.3. The molecule has 3 nitrogen and oxygen atoms in total. The predicted octanol–water partition coefficient (Wildman–Crippen LogP) is 16.5. The van der Waals surface area contributed by atoms with Gasteiger partial charge in [0.2, 0.25) is 0 Å². The van der Waals surface area contributed by atoms with E-state index in [-0.39, 0.29) is 21.7 Å². The highest BCUT2D eigenvalue weighted by Gasteiger charge is 2.38. The van der Waals surface area contributed by atoms with Gasteiger partial charge in [0, 0.05) is 50.5 Å². The van der Waals surface area contributed by atoms with E-state index < -0.39 is 0 Å². The van der Waals surface area contributed by atoms with E-state index in [9.17, 15) is 0 Å². The molecule has 2 aliphatic rings. The Kier molecular flexibility index (Phi) is 9.81. The highest BCUT2D eigenvalue weighted by Crippen LogP contribution is 2.50. The third-order valence-corrected chi connectivity index (χ3v) is 15.2. The second-order valence-electron chi connectivity index (χ2n) is 22.9. The SMILES string of the molecule is Cc1cc(C(C)(C)C)ccc1N1c2cc3oc4cc5c(cc4c3cc2[B]c2c(-c3ccc4ccccc4c3Nc3ccc(C(C)(C)C)cc3)cc(-c3ccccc3)cc21)C(C)(C)CCC5(C)C. The summed E-state index contributed by atoms with van der Waals surface area (Å²) in [7, 11) is 2.45. The third kappa shape index (κ3) is 7.35. The van der Waals surface area contributed by atoms with Crippen molar-refractivity contribution in [2.45, 2.75) is 111 Å². The third-order valence-electron chi connectivity index (χ3n) is 15.2. The summed E-state index contributed by atoms with van der Waals surface area (Å²) in [5.74, 6) is 0. The van der Waals surface area contributed by atoms with Crippen molar-refractivity contribution in [3.05, 3.63) is 173 Å². The second kappa shape index (κ2) is 15.3. The Morgan fingerprint density at radius 3 is 1.88 bits per heavy atom. The number of furan rings is 1. The summed E-state index contributed by atoms with van der Waals surface area (Å²) < 4.78 is 6.99. The van der Waals surface area contributed by atoms with Gasteiger partial charge in [0.05, 0.1) is 5.69 Å². The number of aryl methyl sites for hydroxylation is 1. The molecule has 1 radical (unpaired) electrons. The fourth-order valence-electron chi connectivity index (χ4n) is 10.9. The molecule has 1 N–H and O–H groups in total. The molecular weight excluding hydrogens is 812 g/mol. The van der Waals surface area contributed by atoms with Gasteiger partial charge in [0.1, 0.15) is 11.2 Å². The summed E-state index contributed by atoms with van der Waals surface area (Å²) >= 11 is 0. The molecule has 333 valence electrons. The van der Waals surface area contributed by atoms with Gasteiger partial charge in [0.25, 0.3) is 0 Å². The van der Waals surface area contributed by atoms with Gasteiger partial charge in [-0.25, -0.2) is 0 Å². The van der Waals surface area contributed by atoms with Crippen LogP contribution in [0.3, 0.4) is 0 Å². The average molecular weight is 874 g/mol. The van der Waals surface area contributed by atoms with Crippen molar-refractivity contribution >= 4 is 79.4 Å². The number of anilines is 5. The van der Waals surface area contributed by atoms with Gasteiger partial charge in [-0.3, -0.25) is 0 Å². The summed E-state index contributed by atoms with van der Waals surface area (Å²) in [4.78, 5) is 2.52. The fraction of sp³-hybridized carbons (Fsp3) is 0.270. The van der Waals surface area contributed by atoms with E-state index in [0.29, 0.717) is 0 Å². The molecule has 1 aromatic heterocycles. The van der Waals surface area contributed by atoms with Gasteiger partial charge in [-0.15, -0.1) is 0 Å². The zero-order chi connectivity index (χ0) is 46.8. The molecule has 0 bridgehead atoms. The van der Waals surface area contributed by atoms with Crippen LogP contribution in [0.15, 0.2) is 150 Å². The molecular formula is C63H62BN2O. The lowest BCUT2D eigenvalue weighted by atomic mass is 9.57. The molecule has 0 saturated carbocycles. The van der Waals surface area contributed by atoms with Gasteiger partial charge >= 0.3 is 0 Å². The summed E-state index contributed by atoms with van der Waals surface area (Å²) in [6, 6.07) is 54.7. The number of hydrogen-bond donors (Lipinski definition) is 1. The van der Waals surface area contributed by atoms with Crippen molar-refractivity contribution in [1.82, 2.24) is 0 Å². The normalized spacial score (nSPS) is 15.3. The van der Waals surface area contributed by atoms with E-state index in [0.717, 1.165) is 69.0 Å². The molecule has 1 aliphatic carbocycles. The smallest absolute Gasteiger partial charge is 0.197 e. The van der Waals surface area contributed by atoms with E-state index >= 15 is 0 Å². The summed E-state index contributed by atoms with van der Waals surface area (Å²) in [5.41, 5.74) is 21.4. The largest absolute Gasteiger partial charge is 0.456 e. The van der Waals surface area contributed by atoms with Crippen LogP contribution in [0.5, 0.6) is 0 Å². The van der Waals surface area contributed by atoms with Crippen LogP contribution in [0.2, 0.25) is 0 Å². The molecule has 0 spiro atoms. The quantitative estimate of drug-likeness (QED) is 0.175. The molecule has 1 aliphatic heterocycles. The molecule has 0 unspecified atom stereocenters.